The van der Waals surface area contributed by atoms with E-state index in [1.54, 1.807) is 24.3 Å². The van der Waals surface area contributed by atoms with Gasteiger partial charge in [-0.3, -0.25) is 9.59 Å². The highest BCUT2D eigenvalue weighted by molar-refractivity contribution is 6.31. The predicted molar refractivity (Wildman–Crippen MR) is 98.2 cm³/mol. The number of benzene rings is 2. The Morgan fingerprint density at radius 1 is 1.19 bits per heavy atom. The second-order valence-electron chi connectivity index (χ2n) is 6.74. The number of piperidine rings is 1. The topological polar surface area (TPSA) is 77.8 Å². The number of nitrogens with zero attached hydrogens (tertiary/aromatic N) is 1. The Morgan fingerprint density at radius 2 is 1.89 bits per heavy atom. The van der Waals surface area contributed by atoms with Crippen LogP contribution in [-0.4, -0.2) is 46.2 Å². The molecule has 0 radical (unpaired) electrons. The summed E-state index contributed by atoms with van der Waals surface area (Å²) in [6, 6.07) is 13.2. The molecule has 27 heavy (non-hydrogen) atoms. The van der Waals surface area contributed by atoms with Crippen molar-refractivity contribution in [2.75, 3.05) is 13.1 Å². The Labute approximate surface area is 161 Å². The first kappa shape index (κ1) is 19.3. The lowest BCUT2D eigenvalue weighted by Gasteiger charge is -2.43. The summed E-state index contributed by atoms with van der Waals surface area (Å²) < 4.78 is 14.1. The summed E-state index contributed by atoms with van der Waals surface area (Å²) in [6.07, 6.45) is -1.07. The number of aliphatic hydroxyl groups excluding tert-OH is 1. The van der Waals surface area contributed by atoms with Crippen LogP contribution in [0.15, 0.2) is 48.5 Å². The number of β-amino-alcohol motifs (C(OH)–C–C–N with tert-alkyl or cyclic N) is 1. The van der Waals surface area contributed by atoms with E-state index in [9.17, 15) is 24.2 Å². The number of hydrogen-bond acceptors (Lipinski definition) is 3. The summed E-state index contributed by atoms with van der Waals surface area (Å²) in [6.45, 7) is -0.0924. The van der Waals surface area contributed by atoms with Crippen LogP contribution in [0.4, 0.5) is 4.39 Å². The highest BCUT2D eigenvalue weighted by Crippen LogP contribution is 2.36. The molecule has 2 aromatic rings. The van der Waals surface area contributed by atoms with Crippen LogP contribution in [0.2, 0.25) is 5.02 Å². The predicted octanol–water partition coefficient (Wildman–Crippen LogP) is 3.00. The number of aliphatic carboxylic acids is 1. The van der Waals surface area contributed by atoms with E-state index < -0.39 is 29.2 Å². The number of amides is 1. The molecule has 142 valence electrons. The number of carbonyl (C=O) groups excluding carboxylic acids is 1. The maximum Gasteiger partial charge on any atom is 0.312 e. The third kappa shape index (κ3) is 3.68. The van der Waals surface area contributed by atoms with Crippen LogP contribution < -0.4 is 0 Å². The zero-order valence-corrected chi connectivity index (χ0v) is 15.2. The van der Waals surface area contributed by atoms with Gasteiger partial charge >= 0.3 is 5.97 Å². The zero-order valence-electron chi connectivity index (χ0n) is 14.4. The number of aliphatic hydroxyl groups is 1. The molecule has 0 bridgehead atoms. The SMILES string of the molecule is O=C(c1cccc(Cl)c1F)N1CC[C@](Cc2ccccc2)(C(=O)O)[C@H](O)C1. The largest absolute Gasteiger partial charge is 0.481 e. The van der Waals surface area contributed by atoms with Gasteiger partial charge in [-0.1, -0.05) is 48.0 Å². The molecule has 0 unspecified atom stereocenters. The molecule has 1 amide bonds. The van der Waals surface area contributed by atoms with E-state index in [4.69, 9.17) is 11.6 Å². The van der Waals surface area contributed by atoms with Gasteiger partial charge in [-0.05, 0) is 30.5 Å². The number of rotatable bonds is 4. The van der Waals surface area contributed by atoms with Gasteiger partial charge in [0, 0.05) is 13.1 Å². The second kappa shape index (κ2) is 7.66. The number of carbonyl (C=O) groups is 2. The molecular weight excluding hydrogens is 373 g/mol. The van der Waals surface area contributed by atoms with Gasteiger partial charge in [0.2, 0.25) is 0 Å². The van der Waals surface area contributed by atoms with Gasteiger partial charge in [-0.2, -0.15) is 0 Å². The standard InChI is InChI=1S/C20H19ClFNO4/c21-15-8-4-7-14(17(15)22)18(25)23-10-9-20(19(26)27,16(24)12-23)11-13-5-2-1-3-6-13/h1-8,16,24H,9-12H2,(H,26,27)/t16-,20-/m1/s1. The van der Waals surface area contributed by atoms with Gasteiger partial charge in [-0.15, -0.1) is 0 Å². The maximum atomic E-state index is 14.1. The molecule has 0 aromatic heterocycles. The summed E-state index contributed by atoms with van der Waals surface area (Å²) in [7, 11) is 0. The summed E-state index contributed by atoms with van der Waals surface area (Å²) in [4.78, 5) is 25.9. The molecule has 1 fully saturated rings. The Hall–Kier alpha value is -2.44. The van der Waals surface area contributed by atoms with Crippen molar-refractivity contribution in [2.45, 2.75) is 18.9 Å². The minimum Gasteiger partial charge on any atom is -0.481 e. The maximum absolute atomic E-state index is 14.1. The summed E-state index contributed by atoms with van der Waals surface area (Å²) in [5.41, 5.74) is -0.800. The molecule has 1 aliphatic heterocycles. The first-order valence-electron chi connectivity index (χ1n) is 8.54. The minimum absolute atomic E-state index is 0.0618. The van der Waals surface area contributed by atoms with Crippen LogP contribution in [0.3, 0.4) is 0 Å². The number of hydrogen-bond donors (Lipinski definition) is 2. The lowest BCUT2D eigenvalue weighted by Crippen LogP contribution is -2.57. The molecule has 0 saturated carbocycles. The van der Waals surface area contributed by atoms with Crippen molar-refractivity contribution in [3.8, 4) is 0 Å². The van der Waals surface area contributed by atoms with Crippen LogP contribution in [0.1, 0.15) is 22.3 Å². The quantitative estimate of drug-likeness (QED) is 0.839. The van der Waals surface area contributed by atoms with Gasteiger partial charge in [0.25, 0.3) is 5.91 Å². The van der Waals surface area contributed by atoms with Crippen molar-refractivity contribution in [3.05, 3.63) is 70.5 Å². The molecule has 1 aliphatic rings. The number of carboxylic acids is 1. The second-order valence-corrected chi connectivity index (χ2v) is 7.15. The molecule has 2 atom stereocenters. The fraction of sp³-hybridized carbons (Fsp3) is 0.300. The average Bonchev–Trinajstić information content (AvgIpc) is 2.65. The Morgan fingerprint density at radius 3 is 2.52 bits per heavy atom. The van der Waals surface area contributed by atoms with Crippen molar-refractivity contribution in [1.82, 2.24) is 4.90 Å². The number of likely N-dealkylation sites (tertiary alicyclic amines) is 1. The van der Waals surface area contributed by atoms with Crippen molar-refractivity contribution >= 4 is 23.5 Å². The molecule has 2 aromatic carbocycles. The molecule has 2 N–H and O–H groups in total. The average molecular weight is 392 g/mol. The van der Waals surface area contributed by atoms with Crippen molar-refractivity contribution in [3.63, 3.8) is 0 Å². The van der Waals surface area contributed by atoms with Gasteiger partial charge in [0.15, 0.2) is 5.82 Å². The molecule has 1 saturated heterocycles. The van der Waals surface area contributed by atoms with E-state index in [1.807, 2.05) is 6.07 Å². The summed E-state index contributed by atoms with van der Waals surface area (Å²) in [5, 5.41) is 20.3. The fourth-order valence-electron chi connectivity index (χ4n) is 3.49. The van der Waals surface area contributed by atoms with Crippen LogP contribution in [0.5, 0.6) is 0 Å². The third-order valence-electron chi connectivity index (χ3n) is 5.12. The number of halogens is 2. The van der Waals surface area contributed by atoms with E-state index in [-0.39, 0.29) is 36.5 Å². The molecule has 7 heteroatoms. The van der Waals surface area contributed by atoms with Crippen LogP contribution in [0, 0.1) is 11.2 Å². The van der Waals surface area contributed by atoms with Crippen molar-refractivity contribution in [1.29, 1.82) is 0 Å². The summed E-state index contributed by atoms with van der Waals surface area (Å²) in [5.74, 6) is -2.55. The zero-order chi connectivity index (χ0) is 19.6. The lowest BCUT2D eigenvalue weighted by atomic mass is 9.71. The van der Waals surface area contributed by atoms with E-state index in [0.29, 0.717) is 0 Å². The van der Waals surface area contributed by atoms with Crippen molar-refractivity contribution < 1.29 is 24.2 Å². The minimum atomic E-state index is -1.40. The van der Waals surface area contributed by atoms with Crippen LogP contribution in [-0.2, 0) is 11.2 Å². The third-order valence-corrected chi connectivity index (χ3v) is 5.41. The lowest BCUT2D eigenvalue weighted by molar-refractivity contribution is -0.161. The molecule has 0 aliphatic carbocycles. The van der Waals surface area contributed by atoms with E-state index >= 15 is 0 Å². The van der Waals surface area contributed by atoms with Crippen molar-refractivity contribution in [2.24, 2.45) is 5.41 Å². The Kier molecular flexibility index (Phi) is 5.48. The Balaban J connectivity index is 1.82. The molecule has 3 rings (SSSR count). The highest BCUT2D eigenvalue weighted by Gasteiger charge is 2.49. The van der Waals surface area contributed by atoms with Gasteiger partial charge < -0.3 is 15.1 Å². The van der Waals surface area contributed by atoms with E-state index in [2.05, 4.69) is 0 Å². The van der Waals surface area contributed by atoms with E-state index in [1.165, 1.54) is 23.1 Å². The van der Waals surface area contributed by atoms with Gasteiger partial charge in [-0.25, -0.2) is 4.39 Å². The first-order valence-corrected chi connectivity index (χ1v) is 8.91. The number of carboxylic acid groups (broad SMARTS) is 1. The first-order chi connectivity index (χ1) is 12.8. The molecular formula is C20H19ClFNO4. The molecule has 1 heterocycles. The molecule has 5 nitrogen and oxygen atoms in total. The normalized spacial score (nSPS) is 22.5. The highest BCUT2D eigenvalue weighted by atomic mass is 35.5. The van der Waals surface area contributed by atoms with E-state index in [0.717, 1.165) is 5.56 Å². The monoisotopic (exact) mass is 391 g/mol. The van der Waals surface area contributed by atoms with Gasteiger partial charge in [0.05, 0.1) is 16.7 Å². The van der Waals surface area contributed by atoms with Crippen LogP contribution in [0.25, 0.3) is 0 Å². The fourth-order valence-corrected chi connectivity index (χ4v) is 3.67. The molecule has 0 spiro atoms. The van der Waals surface area contributed by atoms with Crippen LogP contribution >= 0.6 is 11.6 Å². The van der Waals surface area contributed by atoms with Gasteiger partial charge in [0.1, 0.15) is 5.41 Å². The smallest absolute Gasteiger partial charge is 0.312 e. The summed E-state index contributed by atoms with van der Waals surface area (Å²) >= 11 is 5.73. The Bertz CT molecular complexity index is 860.